The maximum absolute atomic E-state index is 14.1. The lowest BCUT2D eigenvalue weighted by molar-refractivity contribution is -0.134. The minimum Gasteiger partial charge on any atom is -0.280 e. The first kappa shape index (κ1) is 25.9. The third-order valence-corrected chi connectivity index (χ3v) is 6.11. The summed E-state index contributed by atoms with van der Waals surface area (Å²) < 4.78 is 28.2. The molecule has 0 saturated heterocycles. The highest BCUT2D eigenvalue weighted by Crippen LogP contribution is 2.32. The maximum atomic E-state index is 14.1. The van der Waals surface area contributed by atoms with Crippen molar-refractivity contribution in [3.63, 3.8) is 0 Å². The second-order valence-electron chi connectivity index (χ2n) is 9.75. The van der Waals surface area contributed by atoms with E-state index in [4.69, 9.17) is 0 Å². The minimum atomic E-state index is -3.17. The molecule has 0 spiro atoms. The first-order chi connectivity index (χ1) is 11.8. The molecule has 0 radical (unpaired) electrons. The van der Waals surface area contributed by atoms with Crippen LogP contribution in [0.25, 0.3) is 0 Å². The average molecular weight is 393 g/mol. The van der Waals surface area contributed by atoms with Crippen molar-refractivity contribution in [3.8, 4) is 0 Å². The zero-order chi connectivity index (χ0) is 20.4. The van der Waals surface area contributed by atoms with Crippen LogP contribution < -0.4 is 0 Å². The van der Waals surface area contributed by atoms with E-state index in [1.54, 1.807) is 0 Å². The van der Waals surface area contributed by atoms with Gasteiger partial charge in [-0.1, -0.05) is 85.9 Å². The number of alkyl halides is 2. The monoisotopic (exact) mass is 392 g/mol. The zero-order valence-electron chi connectivity index (χ0n) is 18.2. The van der Waals surface area contributed by atoms with Crippen LogP contribution in [0.3, 0.4) is 0 Å². The molecule has 0 N–H and O–H groups in total. The molecule has 0 aliphatic rings. The van der Waals surface area contributed by atoms with Crippen molar-refractivity contribution in [2.24, 2.45) is 23.2 Å². The van der Waals surface area contributed by atoms with Crippen LogP contribution >= 0.6 is 11.8 Å². The number of halogens is 2. The summed E-state index contributed by atoms with van der Waals surface area (Å²) in [7, 11) is 0. The number of hydrogen-bond acceptors (Lipinski definition) is 2. The zero-order valence-corrected chi connectivity index (χ0v) is 19.0. The van der Waals surface area contributed by atoms with Crippen LogP contribution in [0.5, 0.6) is 0 Å². The van der Waals surface area contributed by atoms with Gasteiger partial charge in [-0.3, -0.25) is 4.79 Å². The number of carbonyl (C=O) groups is 1. The molecule has 0 bridgehead atoms. The highest BCUT2D eigenvalue weighted by molar-refractivity contribution is 8.13. The second kappa shape index (κ2) is 12.4. The molecule has 1 unspecified atom stereocenters. The molecule has 26 heavy (non-hydrogen) atoms. The van der Waals surface area contributed by atoms with E-state index in [0.29, 0.717) is 35.3 Å². The third kappa shape index (κ3) is 13.1. The number of unbranched alkanes of at least 4 members (excludes halogenated alkanes) is 3. The van der Waals surface area contributed by atoms with Crippen molar-refractivity contribution in [3.05, 3.63) is 0 Å². The van der Waals surface area contributed by atoms with E-state index in [1.165, 1.54) is 0 Å². The van der Waals surface area contributed by atoms with E-state index in [9.17, 15) is 13.6 Å². The van der Waals surface area contributed by atoms with Gasteiger partial charge in [0.2, 0.25) is 0 Å². The second-order valence-corrected chi connectivity index (χ2v) is 10.7. The van der Waals surface area contributed by atoms with Crippen LogP contribution in [0.1, 0.15) is 99.8 Å². The Hall–Kier alpha value is -0.120. The Morgan fingerprint density at radius 1 is 0.885 bits per heavy atom. The van der Waals surface area contributed by atoms with Gasteiger partial charge in [0.15, 0.2) is 0 Å². The predicted molar refractivity (Wildman–Crippen MR) is 112 cm³/mol. The largest absolute Gasteiger partial charge is 0.315 e. The highest BCUT2D eigenvalue weighted by atomic mass is 32.2. The number of thioether (sulfide) groups is 1. The SMILES string of the molecule is CC(C)CCC(CSC(=O)C(F)(F)CCCCCCC(C)(C)C)C(C)C. The summed E-state index contributed by atoms with van der Waals surface area (Å²) in [6.07, 6.45) is 6.18. The first-order valence-corrected chi connectivity index (χ1v) is 11.4. The van der Waals surface area contributed by atoms with Gasteiger partial charge in [0.05, 0.1) is 0 Å². The fourth-order valence-electron chi connectivity index (χ4n) is 2.90. The van der Waals surface area contributed by atoms with Gasteiger partial charge in [-0.15, -0.1) is 0 Å². The fraction of sp³-hybridized carbons (Fsp3) is 0.955. The van der Waals surface area contributed by atoms with Crippen LogP contribution in [0.15, 0.2) is 0 Å². The molecule has 0 heterocycles. The standard InChI is InChI=1S/C22H42F2OS/c1-17(2)12-13-19(18(3)4)16-26-20(25)22(23,24)15-11-9-8-10-14-21(5,6)7/h17-19H,8-16H2,1-7H3. The Balaban J connectivity index is 4.16. The lowest BCUT2D eigenvalue weighted by Gasteiger charge is -2.22. The summed E-state index contributed by atoms with van der Waals surface area (Å²) in [5, 5.41) is -0.928. The van der Waals surface area contributed by atoms with Crippen LogP contribution in [-0.2, 0) is 4.79 Å². The molecular formula is C22H42F2OS. The molecule has 156 valence electrons. The molecule has 0 aliphatic carbocycles. The quantitative estimate of drug-likeness (QED) is 0.295. The highest BCUT2D eigenvalue weighted by Gasteiger charge is 2.38. The summed E-state index contributed by atoms with van der Waals surface area (Å²) in [6.45, 7) is 15.2. The molecule has 1 nitrogen and oxygen atoms in total. The molecule has 1 atom stereocenters. The summed E-state index contributed by atoms with van der Waals surface area (Å²) in [5.41, 5.74) is 0.305. The van der Waals surface area contributed by atoms with Crippen molar-refractivity contribution >= 4 is 16.9 Å². The minimum absolute atomic E-state index is 0.299. The van der Waals surface area contributed by atoms with Gasteiger partial charge in [-0.25, -0.2) is 0 Å². The van der Waals surface area contributed by atoms with E-state index < -0.39 is 11.0 Å². The third-order valence-electron chi connectivity index (χ3n) is 4.95. The van der Waals surface area contributed by atoms with Crippen molar-refractivity contribution in [1.29, 1.82) is 0 Å². The number of rotatable bonds is 13. The predicted octanol–water partition coefficient (Wildman–Crippen LogP) is 7.98. The number of hydrogen-bond donors (Lipinski definition) is 0. The van der Waals surface area contributed by atoms with Gasteiger partial charge in [-0.2, -0.15) is 8.78 Å². The Morgan fingerprint density at radius 3 is 1.88 bits per heavy atom. The van der Waals surface area contributed by atoms with Gasteiger partial charge in [-0.05, 0) is 42.4 Å². The molecular weight excluding hydrogens is 350 g/mol. The summed E-state index contributed by atoms with van der Waals surface area (Å²) in [6, 6.07) is 0. The van der Waals surface area contributed by atoms with Crippen molar-refractivity contribution < 1.29 is 13.6 Å². The van der Waals surface area contributed by atoms with Crippen LogP contribution in [0.2, 0.25) is 0 Å². The smallest absolute Gasteiger partial charge is 0.280 e. The normalized spacial score (nSPS) is 14.3. The molecule has 0 saturated carbocycles. The Bertz CT molecular complexity index is 386. The van der Waals surface area contributed by atoms with Crippen LogP contribution in [-0.4, -0.2) is 16.8 Å². The van der Waals surface area contributed by atoms with Gasteiger partial charge in [0.25, 0.3) is 5.12 Å². The molecule has 0 rings (SSSR count). The van der Waals surface area contributed by atoms with E-state index in [2.05, 4.69) is 48.5 Å². The first-order valence-electron chi connectivity index (χ1n) is 10.4. The average Bonchev–Trinajstić information content (AvgIpc) is 2.48. The van der Waals surface area contributed by atoms with Crippen molar-refractivity contribution in [2.45, 2.75) is 106 Å². The summed E-state index contributed by atoms with van der Waals surface area (Å²) in [4.78, 5) is 12.0. The van der Waals surface area contributed by atoms with Crippen molar-refractivity contribution in [2.75, 3.05) is 5.75 Å². The molecule has 0 aromatic heterocycles. The maximum Gasteiger partial charge on any atom is 0.315 e. The van der Waals surface area contributed by atoms with Gasteiger partial charge in [0, 0.05) is 12.2 Å². The van der Waals surface area contributed by atoms with E-state index >= 15 is 0 Å². The molecule has 0 fully saturated rings. The summed E-state index contributed by atoms with van der Waals surface area (Å²) in [5.74, 6) is -1.29. The number of carbonyl (C=O) groups excluding carboxylic acids is 1. The fourth-order valence-corrected chi connectivity index (χ4v) is 4.13. The molecule has 0 aliphatic heterocycles. The molecule has 0 aromatic rings. The van der Waals surface area contributed by atoms with Gasteiger partial charge < -0.3 is 0 Å². The summed E-state index contributed by atoms with van der Waals surface area (Å²) >= 11 is 0.854. The van der Waals surface area contributed by atoms with Crippen molar-refractivity contribution in [1.82, 2.24) is 0 Å². The topological polar surface area (TPSA) is 17.1 Å². The van der Waals surface area contributed by atoms with Gasteiger partial charge in [0.1, 0.15) is 0 Å². The molecule has 0 aromatic carbocycles. The van der Waals surface area contributed by atoms with Crippen LogP contribution in [0, 0.1) is 23.2 Å². The Labute approximate surface area is 165 Å². The Kier molecular flexibility index (Phi) is 12.3. The van der Waals surface area contributed by atoms with Crippen LogP contribution in [0.4, 0.5) is 8.78 Å². The van der Waals surface area contributed by atoms with Gasteiger partial charge >= 0.3 is 5.92 Å². The van der Waals surface area contributed by atoms with E-state index in [-0.39, 0.29) is 6.42 Å². The molecule has 4 heteroatoms. The molecule has 0 amide bonds. The lowest BCUT2D eigenvalue weighted by atomic mass is 9.89. The Morgan fingerprint density at radius 2 is 1.42 bits per heavy atom. The lowest BCUT2D eigenvalue weighted by Crippen LogP contribution is -2.27. The van der Waals surface area contributed by atoms with E-state index in [1.807, 2.05) is 0 Å². The van der Waals surface area contributed by atoms with E-state index in [0.717, 1.165) is 50.3 Å².